The van der Waals surface area contributed by atoms with E-state index in [1.165, 1.54) is 18.3 Å². The van der Waals surface area contributed by atoms with E-state index in [9.17, 15) is 9.18 Å². The Kier molecular flexibility index (Phi) is 4.61. The number of amides is 1. The van der Waals surface area contributed by atoms with Gasteiger partial charge in [-0.1, -0.05) is 12.1 Å². The van der Waals surface area contributed by atoms with E-state index in [2.05, 4.69) is 15.4 Å². The molecule has 2 aromatic heterocycles. The molecule has 0 saturated heterocycles. The number of aryl methyl sites for hydroxylation is 1. The lowest BCUT2D eigenvalue weighted by Crippen LogP contribution is -2.27. The van der Waals surface area contributed by atoms with Crippen molar-refractivity contribution in [2.75, 3.05) is 0 Å². The Hall–Kier alpha value is -3.02. The first-order valence-electron chi connectivity index (χ1n) is 7.97. The summed E-state index contributed by atoms with van der Waals surface area (Å²) >= 11 is 0. The number of rotatable bonds is 4. The zero-order valence-corrected chi connectivity index (χ0v) is 14.3. The third-order valence-electron chi connectivity index (χ3n) is 4.23. The van der Waals surface area contributed by atoms with Gasteiger partial charge in [0, 0.05) is 30.1 Å². The van der Waals surface area contributed by atoms with Crippen LogP contribution in [0.15, 0.2) is 48.8 Å². The maximum Gasteiger partial charge on any atom is 0.253 e. The number of nitrogens with one attached hydrogen (secondary N) is 1. The van der Waals surface area contributed by atoms with Gasteiger partial charge in [0.05, 0.1) is 23.5 Å². The van der Waals surface area contributed by atoms with Crippen molar-refractivity contribution < 1.29 is 9.18 Å². The van der Waals surface area contributed by atoms with Gasteiger partial charge in [-0.2, -0.15) is 5.10 Å². The Labute approximate surface area is 145 Å². The number of carbonyl (C=O) groups excluding carboxylic acids is 1. The van der Waals surface area contributed by atoms with Crippen molar-refractivity contribution in [3.8, 4) is 11.3 Å². The van der Waals surface area contributed by atoms with Crippen molar-refractivity contribution in [1.29, 1.82) is 0 Å². The average molecular weight is 338 g/mol. The normalized spacial score (nSPS) is 12.0. The van der Waals surface area contributed by atoms with Gasteiger partial charge in [0.25, 0.3) is 5.91 Å². The molecule has 6 heteroatoms. The second kappa shape index (κ2) is 6.84. The van der Waals surface area contributed by atoms with E-state index >= 15 is 0 Å². The summed E-state index contributed by atoms with van der Waals surface area (Å²) in [6.45, 7) is 3.87. The van der Waals surface area contributed by atoms with Crippen LogP contribution in [0.2, 0.25) is 0 Å². The Morgan fingerprint density at radius 1 is 1.24 bits per heavy atom. The van der Waals surface area contributed by atoms with Crippen LogP contribution in [-0.2, 0) is 7.05 Å². The van der Waals surface area contributed by atoms with E-state index in [1.807, 2.05) is 20.9 Å². The summed E-state index contributed by atoms with van der Waals surface area (Å²) in [5, 5.41) is 7.13. The average Bonchev–Trinajstić information content (AvgIpc) is 2.94. The van der Waals surface area contributed by atoms with Gasteiger partial charge in [-0.25, -0.2) is 4.39 Å². The first-order chi connectivity index (χ1) is 12.0. The van der Waals surface area contributed by atoms with Gasteiger partial charge in [-0.3, -0.25) is 14.5 Å². The third kappa shape index (κ3) is 3.57. The molecule has 1 amide bonds. The summed E-state index contributed by atoms with van der Waals surface area (Å²) in [6.07, 6.45) is 3.25. The van der Waals surface area contributed by atoms with E-state index < -0.39 is 0 Å². The summed E-state index contributed by atoms with van der Waals surface area (Å²) in [5.41, 5.74) is 3.72. The largest absolute Gasteiger partial charge is 0.345 e. The molecular weight excluding hydrogens is 319 g/mol. The van der Waals surface area contributed by atoms with E-state index in [0.717, 1.165) is 11.3 Å². The fourth-order valence-corrected chi connectivity index (χ4v) is 2.65. The summed E-state index contributed by atoms with van der Waals surface area (Å²) < 4.78 is 15.1. The molecule has 128 valence electrons. The minimum absolute atomic E-state index is 0.163. The Morgan fingerprint density at radius 2 is 2.04 bits per heavy atom. The monoisotopic (exact) mass is 338 g/mol. The molecule has 1 aromatic carbocycles. The number of aromatic nitrogens is 3. The van der Waals surface area contributed by atoms with Gasteiger partial charge < -0.3 is 5.32 Å². The fourth-order valence-electron chi connectivity index (χ4n) is 2.65. The third-order valence-corrected chi connectivity index (χ3v) is 4.23. The molecule has 0 bridgehead atoms. The molecule has 0 fully saturated rings. The van der Waals surface area contributed by atoms with E-state index in [0.29, 0.717) is 16.8 Å². The lowest BCUT2D eigenvalue weighted by atomic mass is 10.1. The molecule has 1 N–H and O–H groups in total. The van der Waals surface area contributed by atoms with Crippen molar-refractivity contribution in [2.24, 2.45) is 7.05 Å². The molecule has 0 aliphatic heterocycles. The lowest BCUT2D eigenvalue weighted by molar-refractivity contribution is 0.0939. The van der Waals surface area contributed by atoms with E-state index in [1.54, 1.807) is 35.1 Å². The molecule has 0 aliphatic rings. The number of halogens is 1. The summed E-state index contributed by atoms with van der Waals surface area (Å²) in [5.74, 6) is -0.532. The van der Waals surface area contributed by atoms with Gasteiger partial charge in [0.1, 0.15) is 5.82 Å². The molecule has 1 atom stereocenters. The summed E-state index contributed by atoms with van der Waals surface area (Å²) in [4.78, 5) is 16.7. The number of pyridine rings is 1. The van der Waals surface area contributed by atoms with E-state index in [4.69, 9.17) is 0 Å². The molecule has 2 heterocycles. The fraction of sp³-hybridized carbons (Fsp3) is 0.211. The van der Waals surface area contributed by atoms with Gasteiger partial charge in [0.15, 0.2) is 0 Å². The van der Waals surface area contributed by atoms with Crippen molar-refractivity contribution in [2.45, 2.75) is 19.9 Å². The lowest BCUT2D eigenvalue weighted by Gasteiger charge is -2.14. The second-order valence-electron chi connectivity index (χ2n) is 5.95. The maximum atomic E-state index is 13.3. The predicted molar refractivity (Wildman–Crippen MR) is 93.5 cm³/mol. The predicted octanol–water partition coefficient (Wildman–Crippen LogP) is 3.42. The van der Waals surface area contributed by atoms with Crippen LogP contribution >= 0.6 is 0 Å². The quantitative estimate of drug-likeness (QED) is 0.793. The molecule has 0 aliphatic carbocycles. The Balaban J connectivity index is 1.73. The summed E-state index contributed by atoms with van der Waals surface area (Å²) in [7, 11) is 1.86. The van der Waals surface area contributed by atoms with Crippen molar-refractivity contribution in [3.05, 3.63) is 71.4 Å². The highest BCUT2D eigenvalue weighted by Gasteiger charge is 2.16. The maximum absolute atomic E-state index is 13.3. The molecule has 1 unspecified atom stereocenters. The highest BCUT2D eigenvalue weighted by atomic mass is 19.1. The highest BCUT2D eigenvalue weighted by molar-refractivity contribution is 5.94. The number of benzene rings is 1. The molecule has 25 heavy (non-hydrogen) atoms. The number of hydrogen-bond acceptors (Lipinski definition) is 3. The number of carbonyl (C=O) groups is 1. The molecule has 0 saturated carbocycles. The van der Waals surface area contributed by atoms with Crippen LogP contribution in [0.4, 0.5) is 4.39 Å². The van der Waals surface area contributed by atoms with Crippen molar-refractivity contribution in [1.82, 2.24) is 20.1 Å². The first-order valence-corrected chi connectivity index (χ1v) is 7.97. The van der Waals surface area contributed by atoms with Crippen molar-refractivity contribution >= 4 is 5.91 Å². The van der Waals surface area contributed by atoms with Crippen LogP contribution in [0.1, 0.15) is 34.6 Å². The summed E-state index contributed by atoms with van der Waals surface area (Å²) in [6, 6.07) is 9.44. The zero-order chi connectivity index (χ0) is 18.0. The smallest absolute Gasteiger partial charge is 0.253 e. The van der Waals surface area contributed by atoms with Crippen LogP contribution < -0.4 is 5.32 Å². The Morgan fingerprint density at radius 3 is 2.64 bits per heavy atom. The molecule has 5 nitrogen and oxygen atoms in total. The van der Waals surface area contributed by atoms with Gasteiger partial charge >= 0.3 is 0 Å². The highest BCUT2D eigenvalue weighted by Crippen LogP contribution is 2.19. The first kappa shape index (κ1) is 16.8. The second-order valence-corrected chi connectivity index (χ2v) is 5.95. The van der Waals surface area contributed by atoms with Gasteiger partial charge in [-0.05, 0) is 38.1 Å². The topological polar surface area (TPSA) is 59.8 Å². The van der Waals surface area contributed by atoms with Crippen LogP contribution in [-0.4, -0.2) is 20.7 Å². The molecule has 3 aromatic rings. The van der Waals surface area contributed by atoms with Crippen LogP contribution in [0.3, 0.4) is 0 Å². The van der Waals surface area contributed by atoms with Gasteiger partial charge in [0.2, 0.25) is 0 Å². The molecular formula is C19H19FN4O. The number of hydrogen-bond donors (Lipinski definition) is 1. The van der Waals surface area contributed by atoms with Crippen LogP contribution in [0.5, 0.6) is 0 Å². The molecule has 0 radical (unpaired) electrons. The van der Waals surface area contributed by atoms with Crippen LogP contribution in [0, 0.1) is 12.7 Å². The minimum atomic E-state index is -0.318. The van der Waals surface area contributed by atoms with Crippen LogP contribution in [0.25, 0.3) is 11.3 Å². The van der Waals surface area contributed by atoms with Crippen molar-refractivity contribution in [3.63, 3.8) is 0 Å². The standard InChI is InChI=1S/C19H19FN4O/c1-12(17-11-22-24(3)13(17)2)23-19(25)15-7-8-18(21-10-15)14-5-4-6-16(20)9-14/h4-12H,1-3H3,(H,23,25). The minimum Gasteiger partial charge on any atom is -0.345 e. The molecule has 3 rings (SSSR count). The molecule has 0 spiro atoms. The zero-order valence-electron chi connectivity index (χ0n) is 14.3. The van der Waals surface area contributed by atoms with Gasteiger partial charge in [-0.15, -0.1) is 0 Å². The Bertz CT molecular complexity index is 902. The van der Waals surface area contributed by atoms with E-state index in [-0.39, 0.29) is 17.8 Å². The number of nitrogens with zero attached hydrogens (tertiary/aromatic N) is 3. The SMILES string of the molecule is Cc1c(C(C)NC(=O)c2ccc(-c3cccc(F)c3)nc2)cnn1C.